The average molecular weight is 260 g/mol. The molecule has 1 heterocycles. The minimum absolute atomic E-state index is 0.0389. The molecule has 1 atom stereocenters. The zero-order chi connectivity index (χ0) is 13.7. The van der Waals surface area contributed by atoms with E-state index < -0.39 is 0 Å². The molecule has 19 heavy (non-hydrogen) atoms. The van der Waals surface area contributed by atoms with Gasteiger partial charge >= 0.3 is 0 Å². The van der Waals surface area contributed by atoms with Gasteiger partial charge in [0, 0.05) is 6.42 Å². The molecule has 4 heteroatoms. The first-order valence-corrected chi connectivity index (χ1v) is 7.08. The van der Waals surface area contributed by atoms with Gasteiger partial charge in [-0.15, -0.1) is 0 Å². The van der Waals surface area contributed by atoms with Crippen molar-refractivity contribution in [2.75, 3.05) is 6.54 Å². The lowest BCUT2D eigenvalue weighted by Crippen LogP contribution is -2.85. The smallest absolute Gasteiger partial charge is 0.258 e. The number of aromatic nitrogens is 2. The van der Waals surface area contributed by atoms with E-state index in [0.717, 1.165) is 24.3 Å². The summed E-state index contributed by atoms with van der Waals surface area (Å²) in [5.41, 5.74) is 0.742. The fourth-order valence-corrected chi connectivity index (χ4v) is 2.27. The van der Waals surface area contributed by atoms with Gasteiger partial charge in [0.2, 0.25) is 0 Å². The zero-order valence-electron chi connectivity index (χ0n) is 11.6. The minimum Gasteiger partial charge on any atom is -0.338 e. The standard InChI is InChI=1S/C15H21N3O/c1-3-5-10-16-12(4-2)14-17-13-9-7-6-8-11(13)15(19)18-14/h6-9,12,16H,3-5,10H2,1-2H3,(H,17,18,19)/p+1/t12-/m0/s1. The molecule has 0 saturated carbocycles. The van der Waals surface area contributed by atoms with Crippen molar-refractivity contribution in [3.8, 4) is 0 Å². The van der Waals surface area contributed by atoms with Gasteiger partial charge in [-0.05, 0) is 18.6 Å². The van der Waals surface area contributed by atoms with E-state index in [1.54, 1.807) is 0 Å². The first-order chi connectivity index (χ1) is 9.26. The summed E-state index contributed by atoms with van der Waals surface area (Å²) in [7, 11) is 0. The predicted molar refractivity (Wildman–Crippen MR) is 77.1 cm³/mol. The van der Waals surface area contributed by atoms with E-state index in [0.29, 0.717) is 5.39 Å². The van der Waals surface area contributed by atoms with Gasteiger partial charge in [0.1, 0.15) is 6.04 Å². The highest BCUT2D eigenvalue weighted by Crippen LogP contribution is 2.10. The van der Waals surface area contributed by atoms with Crippen LogP contribution in [0.15, 0.2) is 29.1 Å². The molecule has 3 N–H and O–H groups in total. The first kappa shape index (κ1) is 13.7. The SMILES string of the molecule is CCCC[NH2+][C@@H](CC)c1nc2ccccc2c(=O)[nH]1. The molecule has 1 aromatic carbocycles. The number of benzene rings is 1. The summed E-state index contributed by atoms with van der Waals surface area (Å²) in [6.45, 7) is 5.39. The Balaban J connectivity index is 2.30. The Bertz CT molecular complexity index is 591. The molecule has 0 unspecified atom stereocenters. The van der Waals surface area contributed by atoms with Crippen LogP contribution in [0.2, 0.25) is 0 Å². The number of quaternary nitrogens is 1. The first-order valence-electron chi connectivity index (χ1n) is 7.08. The van der Waals surface area contributed by atoms with Crippen LogP contribution in [0.25, 0.3) is 10.9 Å². The Morgan fingerprint density at radius 2 is 2.11 bits per heavy atom. The van der Waals surface area contributed by atoms with Crippen LogP contribution in [0.4, 0.5) is 0 Å². The molecule has 0 saturated heterocycles. The number of nitrogens with one attached hydrogen (secondary N) is 1. The maximum atomic E-state index is 12.0. The Kier molecular flexibility index (Phi) is 4.68. The van der Waals surface area contributed by atoms with Crippen LogP contribution in [0.5, 0.6) is 0 Å². The van der Waals surface area contributed by atoms with Crippen molar-refractivity contribution >= 4 is 10.9 Å². The monoisotopic (exact) mass is 260 g/mol. The molecule has 2 rings (SSSR count). The number of aromatic amines is 1. The molecule has 102 valence electrons. The number of H-pyrrole nitrogens is 1. The number of para-hydroxylation sites is 1. The Hall–Kier alpha value is -1.68. The van der Waals surface area contributed by atoms with Gasteiger partial charge < -0.3 is 10.3 Å². The molecule has 0 bridgehead atoms. The third-order valence-electron chi connectivity index (χ3n) is 3.43. The topological polar surface area (TPSA) is 62.4 Å². The number of nitrogens with zero attached hydrogens (tertiary/aromatic N) is 1. The van der Waals surface area contributed by atoms with Crippen LogP contribution in [0, 0.1) is 0 Å². The highest BCUT2D eigenvalue weighted by molar-refractivity contribution is 5.77. The summed E-state index contributed by atoms with van der Waals surface area (Å²) in [5, 5.41) is 2.94. The van der Waals surface area contributed by atoms with E-state index in [-0.39, 0.29) is 11.6 Å². The van der Waals surface area contributed by atoms with Crippen LogP contribution in [-0.2, 0) is 0 Å². The molecule has 0 aliphatic carbocycles. The van der Waals surface area contributed by atoms with Crippen molar-refractivity contribution in [2.24, 2.45) is 0 Å². The van der Waals surface area contributed by atoms with Crippen molar-refractivity contribution in [1.29, 1.82) is 0 Å². The van der Waals surface area contributed by atoms with Gasteiger partial charge in [0.25, 0.3) is 5.56 Å². The zero-order valence-corrected chi connectivity index (χ0v) is 11.6. The number of rotatable bonds is 6. The fourth-order valence-electron chi connectivity index (χ4n) is 2.27. The van der Waals surface area contributed by atoms with Crippen molar-refractivity contribution in [3.05, 3.63) is 40.4 Å². The maximum absolute atomic E-state index is 12.0. The molecule has 0 fully saturated rings. The largest absolute Gasteiger partial charge is 0.338 e. The molecule has 0 amide bonds. The summed E-state index contributed by atoms with van der Waals surface area (Å²) in [4.78, 5) is 19.6. The van der Waals surface area contributed by atoms with Gasteiger partial charge in [-0.3, -0.25) is 4.79 Å². The van der Waals surface area contributed by atoms with Crippen LogP contribution < -0.4 is 10.9 Å². The van der Waals surface area contributed by atoms with Crippen LogP contribution in [-0.4, -0.2) is 16.5 Å². The number of unbranched alkanes of at least 4 members (excludes halogenated alkanes) is 1. The van der Waals surface area contributed by atoms with E-state index in [2.05, 4.69) is 29.1 Å². The van der Waals surface area contributed by atoms with Crippen molar-refractivity contribution in [1.82, 2.24) is 9.97 Å². The van der Waals surface area contributed by atoms with E-state index in [1.807, 2.05) is 24.3 Å². The minimum atomic E-state index is -0.0389. The predicted octanol–water partition coefficient (Wildman–Crippen LogP) is 1.74. The molecule has 0 radical (unpaired) electrons. The molecule has 1 aromatic heterocycles. The lowest BCUT2D eigenvalue weighted by Gasteiger charge is -2.13. The summed E-state index contributed by atoms with van der Waals surface area (Å²) >= 11 is 0. The van der Waals surface area contributed by atoms with Gasteiger partial charge in [0.15, 0.2) is 5.82 Å². The summed E-state index contributed by atoms with van der Waals surface area (Å²) in [6, 6.07) is 7.73. The molecule has 4 nitrogen and oxygen atoms in total. The van der Waals surface area contributed by atoms with Crippen LogP contribution in [0.3, 0.4) is 0 Å². The second-order valence-electron chi connectivity index (χ2n) is 4.86. The highest BCUT2D eigenvalue weighted by atomic mass is 16.1. The highest BCUT2D eigenvalue weighted by Gasteiger charge is 2.16. The van der Waals surface area contributed by atoms with E-state index in [9.17, 15) is 4.79 Å². The number of fused-ring (bicyclic) bond motifs is 1. The van der Waals surface area contributed by atoms with Crippen LogP contribution in [0.1, 0.15) is 45.0 Å². The fraction of sp³-hybridized carbons (Fsp3) is 0.467. The Morgan fingerprint density at radius 3 is 2.84 bits per heavy atom. The number of hydrogen-bond acceptors (Lipinski definition) is 2. The molecular weight excluding hydrogens is 238 g/mol. The van der Waals surface area contributed by atoms with E-state index in [1.165, 1.54) is 12.8 Å². The lowest BCUT2D eigenvalue weighted by molar-refractivity contribution is -0.697. The van der Waals surface area contributed by atoms with Gasteiger partial charge in [-0.1, -0.05) is 32.4 Å². The molecule has 2 aromatic rings. The summed E-state index contributed by atoms with van der Waals surface area (Å²) in [6.07, 6.45) is 3.34. The van der Waals surface area contributed by atoms with Crippen LogP contribution >= 0.6 is 0 Å². The van der Waals surface area contributed by atoms with Gasteiger partial charge in [0.05, 0.1) is 17.4 Å². The van der Waals surface area contributed by atoms with Crippen molar-refractivity contribution < 1.29 is 5.32 Å². The summed E-state index contributed by atoms with van der Waals surface area (Å²) in [5.74, 6) is 0.794. The third kappa shape index (κ3) is 3.20. The van der Waals surface area contributed by atoms with Gasteiger partial charge in [-0.2, -0.15) is 0 Å². The molecule has 0 aliphatic rings. The normalized spacial score (nSPS) is 12.7. The number of hydrogen-bond donors (Lipinski definition) is 2. The van der Waals surface area contributed by atoms with Crippen molar-refractivity contribution in [3.63, 3.8) is 0 Å². The van der Waals surface area contributed by atoms with Crippen molar-refractivity contribution in [2.45, 2.75) is 39.2 Å². The Morgan fingerprint density at radius 1 is 1.32 bits per heavy atom. The molecule has 0 aliphatic heterocycles. The quantitative estimate of drug-likeness (QED) is 0.777. The lowest BCUT2D eigenvalue weighted by atomic mass is 10.2. The maximum Gasteiger partial charge on any atom is 0.258 e. The number of nitrogens with two attached hydrogens (primary N) is 1. The third-order valence-corrected chi connectivity index (χ3v) is 3.43. The van der Waals surface area contributed by atoms with E-state index >= 15 is 0 Å². The summed E-state index contributed by atoms with van der Waals surface area (Å²) < 4.78 is 0. The average Bonchev–Trinajstić information content (AvgIpc) is 2.44. The molecular formula is C15H22N3O+. The second-order valence-corrected chi connectivity index (χ2v) is 4.86. The second kappa shape index (κ2) is 6.48. The molecule has 0 spiro atoms. The van der Waals surface area contributed by atoms with Gasteiger partial charge in [-0.25, -0.2) is 4.98 Å². The van der Waals surface area contributed by atoms with E-state index in [4.69, 9.17) is 0 Å². The Labute approximate surface area is 113 Å².